The summed E-state index contributed by atoms with van der Waals surface area (Å²) in [5, 5.41) is 10.4. The molecule has 3 rings (SSSR count). The number of amides is 1. The van der Waals surface area contributed by atoms with Crippen LogP contribution in [0.15, 0.2) is 27.8 Å². The van der Waals surface area contributed by atoms with Crippen LogP contribution in [0, 0.1) is 5.92 Å². The largest absolute Gasteiger partial charge is 0.461 e. The summed E-state index contributed by atoms with van der Waals surface area (Å²) in [6, 6.07) is 3.63. The third-order valence-corrected chi connectivity index (χ3v) is 4.53. The number of primary amides is 1. The van der Waals surface area contributed by atoms with Crippen LogP contribution in [-0.4, -0.2) is 58.1 Å². The first-order chi connectivity index (χ1) is 13.2. The molecule has 0 saturated carbocycles. The number of H-pyrrole nitrogens is 1. The van der Waals surface area contributed by atoms with Crippen molar-refractivity contribution in [1.29, 1.82) is 0 Å². The van der Waals surface area contributed by atoms with Crippen molar-refractivity contribution in [3.63, 3.8) is 0 Å². The zero-order valence-electron chi connectivity index (χ0n) is 16.1. The molecule has 3 heterocycles. The monoisotopic (exact) mass is 501 g/mol. The van der Waals surface area contributed by atoms with Gasteiger partial charge in [-0.25, -0.2) is 4.98 Å². The molecule has 1 amide bonds. The first-order valence-electron chi connectivity index (χ1n) is 9.42. The maximum atomic E-state index is 11.2. The predicted molar refractivity (Wildman–Crippen MR) is 117 cm³/mol. The highest BCUT2D eigenvalue weighted by Gasteiger charge is 2.23. The Hall–Kier alpha value is -2.11. The van der Waals surface area contributed by atoms with Crippen LogP contribution >= 0.6 is 24.0 Å². The molecule has 0 aromatic carbocycles. The Bertz CT molecular complexity index is 760. The number of aromatic amines is 1. The van der Waals surface area contributed by atoms with Gasteiger partial charge in [-0.15, -0.1) is 24.0 Å². The van der Waals surface area contributed by atoms with Gasteiger partial charge in [0.1, 0.15) is 5.82 Å². The average molecular weight is 501 g/mol. The first-order valence-corrected chi connectivity index (χ1v) is 9.42. The van der Waals surface area contributed by atoms with Crippen molar-refractivity contribution in [2.75, 3.05) is 26.2 Å². The molecule has 0 spiro atoms. The first kappa shape index (κ1) is 22.2. The Kier molecular flexibility index (Phi) is 8.74. The second kappa shape index (κ2) is 11.0. The van der Waals surface area contributed by atoms with Gasteiger partial charge < -0.3 is 20.4 Å². The van der Waals surface area contributed by atoms with Gasteiger partial charge in [-0.3, -0.25) is 14.9 Å². The van der Waals surface area contributed by atoms with E-state index < -0.39 is 0 Å². The molecule has 154 valence electrons. The van der Waals surface area contributed by atoms with Crippen molar-refractivity contribution >= 4 is 35.8 Å². The average Bonchev–Trinajstić information content (AvgIpc) is 3.32. The number of rotatable bonds is 7. The van der Waals surface area contributed by atoms with E-state index in [0.717, 1.165) is 44.3 Å². The van der Waals surface area contributed by atoms with Crippen molar-refractivity contribution in [2.24, 2.45) is 16.6 Å². The molecular formula is C18H28IN7O2. The SMILES string of the molecule is CCNC(=NCCc1nc(-c2ccco2)n[nH]1)N1CCCC(CC(N)=O)C1.I. The van der Waals surface area contributed by atoms with Gasteiger partial charge in [0.05, 0.1) is 6.26 Å². The molecule has 0 radical (unpaired) electrons. The zero-order chi connectivity index (χ0) is 19.1. The fraction of sp³-hybridized carbons (Fsp3) is 0.556. The molecule has 1 fully saturated rings. The number of nitrogens with one attached hydrogen (secondary N) is 2. The van der Waals surface area contributed by atoms with Crippen LogP contribution in [0.5, 0.6) is 0 Å². The molecular weight excluding hydrogens is 473 g/mol. The number of carbonyl (C=O) groups is 1. The Morgan fingerprint density at radius 3 is 3.11 bits per heavy atom. The van der Waals surface area contributed by atoms with Gasteiger partial charge in [-0.1, -0.05) is 0 Å². The highest BCUT2D eigenvalue weighted by atomic mass is 127. The lowest BCUT2D eigenvalue weighted by molar-refractivity contribution is -0.119. The van der Waals surface area contributed by atoms with Crippen LogP contribution in [0.1, 0.15) is 32.0 Å². The molecule has 0 aliphatic carbocycles. The lowest BCUT2D eigenvalue weighted by atomic mass is 9.95. The summed E-state index contributed by atoms with van der Waals surface area (Å²) in [4.78, 5) is 22.6. The molecule has 1 unspecified atom stereocenters. The van der Waals surface area contributed by atoms with Crippen molar-refractivity contribution in [3.05, 3.63) is 24.2 Å². The number of nitrogens with two attached hydrogens (primary N) is 1. The van der Waals surface area contributed by atoms with Crippen LogP contribution in [0.3, 0.4) is 0 Å². The van der Waals surface area contributed by atoms with Crippen molar-refractivity contribution < 1.29 is 9.21 Å². The summed E-state index contributed by atoms with van der Waals surface area (Å²) in [5.41, 5.74) is 5.36. The molecule has 1 atom stereocenters. The molecule has 2 aromatic rings. The number of guanidine groups is 1. The maximum absolute atomic E-state index is 11.2. The van der Waals surface area contributed by atoms with Gasteiger partial charge in [0, 0.05) is 39.0 Å². The number of piperidine rings is 1. The third kappa shape index (κ3) is 6.21. The van der Waals surface area contributed by atoms with E-state index in [-0.39, 0.29) is 29.9 Å². The number of hydrogen-bond acceptors (Lipinski definition) is 5. The number of hydrogen-bond donors (Lipinski definition) is 3. The van der Waals surface area contributed by atoms with Crippen molar-refractivity contribution in [2.45, 2.75) is 32.6 Å². The topological polar surface area (TPSA) is 125 Å². The second-order valence-corrected chi connectivity index (χ2v) is 6.69. The fourth-order valence-corrected chi connectivity index (χ4v) is 3.33. The summed E-state index contributed by atoms with van der Waals surface area (Å²) in [5.74, 6) is 2.90. The summed E-state index contributed by atoms with van der Waals surface area (Å²) in [7, 11) is 0. The minimum absolute atomic E-state index is 0. The molecule has 2 aromatic heterocycles. The van der Waals surface area contributed by atoms with Gasteiger partial charge in [0.2, 0.25) is 11.7 Å². The van der Waals surface area contributed by atoms with E-state index in [1.54, 1.807) is 6.26 Å². The predicted octanol–water partition coefficient (Wildman–Crippen LogP) is 1.78. The Morgan fingerprint density at radius 1 is 1.54 bits per heavy atom. The Morgan fingerprint density at radius 2 is 2.39 bits per heavy atom. The van der Waals surface area contributed by atoms with E-state index in [1.807, 2.05) is 19.1 Å². The van der Waals surface area contributed by atoms with Gasteiger partial charge in [-0.05, 0) is 37.8 Å². The van der Waals surface area contributed by atoms with Gasteiger partial charge >= 0.3 is 0 Å². The molecule has 1 aliphatic heterocycles. The summed E-state index contributed by atoms with van der Waals surface area (Å²) >= 11 is 0. The lowest BCUT2D eigenvalue weighted by Crippen LogP contribution is -2.47. The summed E-state index contributed by atoms with van der Waals surface area (Å²) in [6.45, 7) is 5.17. The minimum Gasteiger partial charge on any atom is -0.461 e. The highest BCUT2D eigenvalue weighted by Crippen LogP contribution is 2.19. The number of likely N-dealkylation sites (tertiary alicyclic amines) is 1. The van der Waals surface area contributed by atoms with E-state index in [9.17, 15) is 4.79 Å². The number of furan rings is 1. The molecule has 4 N–H and O–H groups in total. The van der Waals surface area contributed by atoms with E-state index >= 15 is 0 Å². The molecule has 9 nitrogen and oxygen atoms in total. The number of halogens is 1. The summed E-state index contributed by atoms with van der Waals surface area (Å²) < 4.78 is 5.30. The number of aliphatic imine (C=N–C) groups is 1. The fourth-order valence-electron chi connectivity index (χ4n) is 3.33. The van der Waals surface area contributed by atoms with Crippen LogP contribution in [-0.2, 0) is 11.2 Å². The maximum Gasteiger partial charge on any atom is 0.217 e. The van der Waals surface area contributed by atoms with Crippen LogP contribution < -0.4 is 11.1 Å². The van der Waals surface area contributed by atoms with E-state index in [0.29, 0.717) is 36.9 Å². The van der Waals surface area contributed by atoms with Gasteiger partial charge in [0.15, 0.2) is 11.7 Å². The third-order valence-electron chi connectivity index (χ3n) is 4.53. The molecule has 1 aliphatic rings. The quantitative estimate of drug-likeness (QED) is 0.302. The van der Waals surface area contributed by atoms with Crippen LogP contribution in [0.4, 0.5) is 0 Å². The van der Waals surface area contributed by atoms with Gasteiger partial charge in [0.25, 0.3) is 0 Å². The van der Waals surface area contributed by atoms with E-state index in [2.05, 4.69) is 25.4 Å². The normalized spacial score (nSPS) is 17.2. The molecule has 0 bridgehead atoms. The van der Waals surface area contributed by atoms with Gasteiger partial charge in [-0.2, -0.15) is 5.10 Å². The van der Waals surface area contributed by atoms with Crippen LogP contribution in [0.25, 0.3) is 11.6 Å². The summed E-state index contributed by atoms with van der Waals surface area (Å²) in [6.07, 6.45) is 4.76. The highest BCUT2D eigenvalue weighted by molar-refractivity contribution is 14.0. The lowest BCUT2D eigenvalue weighted by Gasteiger charge is -2.34. The standard InChI is InChI=1S/C18H27N7O2.HI/c1-2-20-18(25-9-3-5-13(12-25)11-15(19)26)21-8-7-16-22-17(24-23-16)14-6-4-10-27-14;/h4,6,10,13H,2-3,5,7-9,11-12H2,1H3,(H2,19,26)(H,20,21)(H,22,23,24);1H. The van der Waals surface area contributed by atoms with Crippen molar-refractivity contribution in [3.8, 4) is 11.6 Å². The smallest absolute Gasteiger partial charge is 0.217 e. The number of nitrogens with zero attached hydrogens (tertiary/aromatic N) is 4. The molecule has 1 saturated heterocycles. The number of carbonyl (C=O) groups excluding carboxylic acids is 1. The Balaban J connectivity index is 0.00000280. The number of aromatic nitrogens is 3. The van der Waals surface area contributed by atoms with E-state index in [1.165, 1.54) is 0 Å². The van der Waals surface area contributed by atoms with Crippen LogP contribution in [0.2, 0.25) is 0 Å². The molecule has 10 heteroatoms. The van der Waals surface area contributed by atoms with Crippen molar-refractivity contribution in [1.82, 2.24) is 25.4 Å². The van der Waals surface area contributed by atoms with E-state index in [4.69, 9.17) is 15.1 Å². The molecule has 28 heavy (non-hydrogen) atoms. The Labute approximate surface area is 181 Å². The second-order valence-electron chi connectivity index (χ2n) is 6.69. The zero-order valence-corrected chi connectivity index (χ0v) is 18.4. The minimum atomic E-state index is -0.235.